The molecule has 0 unspecified atom stereocenters. The molecule has 0 saturated carbocycles. The summed E-state index contributed by atoms with van der Waals surface area (Å²) in [5, 5.41) is 17.5. The van der Waals surface area contributed by atoms with Gasteiger partial charge in [-0.05, 0) is 0 Å². The molecule has 0 aliphatic rings. The quantitative estimate of drug-likeness (QED) is 0.494. The SMILES string of the molecule is N[C@](CC(=O)O)(C(=O)O)C(=O)c1ccccc1. The number of carboxylic acid groups (broad SMARTS) is 2. The Hall–Kier alpha value is -2.21. The van der Waals surface area contributed by atoms with E-state index in [2.05, 4.69) is 0 Å². The smallest absolute Gasteiger partial charge is 0.332 e. The number of hydrogen-bond acceptors (Lipinski definition) is 4. The lowest BCUT2D eigenvalue weighted by Crippen LogP contribution is -2.56. The summed E-state index contributed by atoms with van der Waals surface area (Å²) in [4.78, 5) is 33.4. The van der Waals surface area contributed by atoms with Crippen LogP contribution in [0.15, 0.2) is 30.3 Å². The molecule has 1 atom stereocenters. The van der Waals surface area contributed by atoms with Crippen LogP contribution >= 0.6 is 0 Å². The van der Waals surface area contributed by atoms with E-state index >= 15 is 0 Å². The largest absolute Gasteiger partial charge is 0.481 e. The maximum absolute atomic E-state index is 11.9. The van der Waals surface area contributed by atoms with Crippen molar-refractivity contribution < 1.29 is 24.6 Å². The Kier molecular flexibility index (Phi) is 3.59. The minimum atomic E-state index is -2.44. The number of ketones is 1. The molecule has 0 aliphatic heterocycles. The van der Waals surface area contributed by atoms with Crippen LogP contribution in [-0.4, -0.2) is 33.5 Å². The van der Waals surface area contributed by atoms with Crippen molar-refractivity contribution in [3.05, 3.63) is 35.9 Å². The number of carboxylic acids is 2. The molecule has 17 heavy (non-hydrogen) atoms. The third kappa shape index (κ3) is 2.67. The van der Waals surface area contributed by atoms with Gasteiger partial charge in [0.25, 0.3) is 0 Å². The maximum atomic E-state index is 11.9. The van der Waals surface area contributed by atoms with Crippen LogP contribution in [0.25, 0.3) is 0 Å². The van der Waals surface area contributed by atoms with Gasteiger partial charge in [0, 0.05) is 5.56 Å². The molecule has 0 amide bonds. The van der Waals surface area contributed by atoms with Gasteiger partial charge in [0.1, 0.15) is 0 Å². The Morgan fingerprint density at radius 1 is 1.12 bits per heavy atom. The predicted octanol–water partition coefficient (Wildman–Crippen LogP) is 0.126. The Morgan fingerprint density at radius 2 is 1.65 bits per heavy atom. The summed E-state index contributed by atoms with van der Waals surface area (Å²) in [5.74, 6) is -4.03. The van der Waals surface area contributed by atoms with Gasteiger partial charge < -0.3 is 15.9 Å². The number of carbonyl (C=O) groups is 3. The van der Waals surface area contributed by atoms with Crippen molar-refractivity contribution in [2.24, 2.45) is 5.73 Å². The van der Waals surface area contributed by atoms with Crippen LogP contribution in [0, 0.1) is 0 Å². The Morgan fingerprint density at radius 3 is 2.06 bits per heavy atom. The summed E-state index contributed by atoms with van der Waals surface area (Å²) in [6.07, 6.45) is -0.962. The highest BCUT2D eigenvalue weighted by atomic mass is 16.4. The molecule has 0 saturated heterocycles. The summed E-state index contributed by atoms with van der Waals surface area (Å²) in [6, 6.07) is 7.49. The lowest BCUT2D eigenvalue weighted by Gasteiger charge is -2.20. The molecule has 0 radical (unpaired) electrons. The third-order valence-corrected chi connectivity index (χ3v) is 2.25. The van der Waals surface area contributed by atoms with Crippen molar-refractivity contribution >= 4 is 17.7 Å². The molecule has 6 nitrogen and oxygen atoms in total. The number of aliphatic carboxylic acids is 2. The van der Waals surface area contributed by atoms with Crippen molar-refractivity contribution in [1.29, 1.82) is 0 Å². The summed E-state index contributed by atoms with van der Waals surface area (Å²) in [7, 11) is 0. The normalized spacial score (nSPS) is 13.7. The van der Waals surface area contributed by atoms with Crippen molar-refractivity contribution in [3.63, 3.8) is 0 Å². The first-order valence-corrected chi connectivity index (χ1v) is 4.72. The molecule has 0 heterocycles. The number of Topliss-reactive ketones (excluding diaryl/α,β-unsaturated/α-hetero) is 1. The van der Waals surface area contributed by atoms with Crippen LogP contribution in [0.4, 0.5) is 0 Å². The minimum absolute atomic E-state index is 0.0682. The molecule has 1 rings (SSSR count). The zero-order chi connectivity index (χ0) is 13.1. The zero-order valence-corrected chi connectivity index (χ0v) is 8.79. The Labute approximate surface area is 96.7 Å². The highest BCUT2D eigenvalue weighted by molar-refractivity contribution is 6.17. The van der Waals surface area contributed by atoms with Crippen LogP contribution in [0.3, 0.4) is 0 Å². The predicted molar refractivity (Wildman–Crippen MR) is 57.6 cm³/mol. The second-order valence-corrected chi connectivity index (χ2v) is 3.54. The minimum Gasteiger partial charge on any atom is -0.481 e. The average Bonchev–Trinajstić information content (AvgIpc) is 2.28. The number of rotatable bonds is 5. The van der Waals surface area contributed by atoms with Gasteiger partial charge in [0.05, 0.1) is 6.42 Å². The van der Waals surface area contributed by atoms with Crippen LogP contribution in [0.5, 0.6) is 0 Å². The second-order valence-electron chi connectivity index (χ2n) is 3.54. The van der Waals surface area contributed by atoms with Crippen LogP contribution in [0.2, 0.25) is 0 Å². The van der Waals surface area contributed by atoms with Gasteiger partial charge >= 0.3 is 11.9 Å². The Bertz CT molecular complexity index is 456. The van der Waals surface area contributed by atoms with Crippen LogP contribution in [-0.2, 0) is 9.59 Å². The van der Waals surface area contributed by atoms with Gasteiger partial charge in [-0.1, -0.05) is 30.3 Å². The number of benzene rings is 1. The van der Waals surface area contributed by atoms with Crippen molar-refractivity contribution in [3.8, 4) is 0 Å². The van der Waals surface area contributed by atoms with Crippen LogP contribution in [0.1, 0.15) is 16.8 Å². The molecule has 0 spiro atoms. The highest BCUT2D eigenvalue weighted by Gasteiger charge is 2.44. The number of hydrogen-bond donors (Lipinski definition) is 3. The topological polar surface area (TPSA) is 118 Å². The van der Waals surface area contributed by atoms with E-state index in [9.17, 15) is 14.4 Å². The molecule has 6 heteroatoms. The second kappa shape index (κ2) is 4.75. The van der Waals surface area contributed by atoms with E-state index in [1.54, 1.807) is 6.07 Å². The molecule has 1 aromatic carbocycles. The molecule has 0 aromatic heterocycles. The monoisotopic (exact) mass is 237 g/mol. The first-order valence-electron chi connectivity index (χ1n) is 4.72. The summed E-state index contributed by atoms with van der Waals surface area (Å²) in [5.41, 5.74) is 3.02. The third-order valence-electron chi connectivity index (χ3n) is 2.25. The van der Waals surface area contributed by atoms with Gasteiger partial charge in [0.2, 0.25) is 0 Å². The van der Waals surface area contributed by atoms with E-state index in [1.807, 2.05) is 0 Å². The van der Waals surface area contributed by atoms with Crippen molar-refractivity contribution in [2.45, 2.75) is 12.0 Å². The first kappa shape index (κ1) is 12.9. The van der Waals surface area contributed by atoms with E-state index in [1.165, 1.54) is 24.3 Å². The molecule has 90 valence electrons. The molecule has 0 aliphatic carbocycles. The van der Waals surface area contributed by atoms with E-state index in [-0.39, 0.29) is 5.56 Å². The molecular formula is C11H11NO5. The summed E-state index contributed by atoms with van der Waals surface area (Å²) < 4.78 is 0. The van der Waals surface area contributed by atoms with E-state index in [0.717, 1.165) is 0 Å². The van der Waals surface area contributed by atoms with Gasteiger partial charge in [-0.15, -0.1) is 0 Å². The highest BCUT2D eigenvalue weighted by Crippen LogP contribution is 2.15. The molecule has 0 bridgehead atoms. The van der Waals surface area contributed by atoms with Gasteiger partial charge in [-0.25, -0.2) is 4.79 Å². The molecule has 0 fully saturated rings. The maximum Gasteiger partial charge on any atom is 0.332 e. The molecular weight excluding hydrogens is 226 g/mol. The fourth-order valence-corrected chi connectivity index (χ4v) is 1.34. The summed E-state index contributed by atoms with van der Waals surface area (Å²) >= 11 is 0. The van der Waals surface area contributed by atoms with Gasteiger partial charge in [-0.3, -0.25) is 9.59 Å². The lowest BCUT2D eigenvalue weighted by atomic mass is 9.87. The van der Waals surface area contributed by atoms with Gasteiger partial charge in [-0.2, -0.15) is 0 Å². The molecule has 1 aromatic rings. The number of carbonyl (C=O) groups excluding carboxylic acids is 1. The van der Waals surface area contributed by atoms with Gasteiger partial charge in [0.15, 0.2) is 11.3 Å². The Balaban J connectivity index is 3.12. The number of nitrogens with two attached hydrogens (primary N) is 1. The summed E-state index contributed by atoms with van der Waals surface area (Å²) in [6.45, 7) is 0. The van der Waals surface area contributed by atoms with E-state index in [4.69, 9.17) is 15.9 Å². The fourth-order valence-electron chi connectivity index (χ4n) is 1.34. The van der Waals surface area contributed by atoms with E-state index < -0.39 is 29.7 Å². The van der Waals surface area contributed by atoms with Crippen LogP contribution < -0.4 is 5.73 Å². The average molecular weight is 237 g/mol. The van der Waals surface area contributed by atoms with E-state index in [0.29, 0.717) is 0 Å². The zero-order valence-electron chi connectivity index (χ0n) is 8.79. The first-order chi connectivity index (χ1) is 7.88. The van der Waals surface area contributed by atoms with Crippen molar-refractivity contribution in [1.82, 2.24) is 0 Å². The molecule has 4 N–H and O–H groups in total. The fraction of sp³-hybridized carbons (Fsp3) is 0.182. The lowest BCUT2D eigenvalue weighted by molar-refractivity contribution is -0.147. The standard InChI is InChI=1S/C11H11NO5/c12-11(10(16)17,6-8(13)14)9(15)7-4-2-1-3-5-7/h1-5H,6,12H2,(H,13,14)(H,16,17)/t11-/m0/s1. The van der Waals surface area contributed by atoms with Crippen molar-refractivity contribution in [2.75, 3.05) is 0 Å².